The number of nitrogens with zero attached hydrogens (tertiary/aromatic N) is 3. The molecule has 0 radical (unpaired) electrons. The van der Waals surface area contributed by atoms with Crippen molar-refractivity contribution in [1.29, 1.82) is 0 Å². The van der Waals surface area contributed by atoms with E-state index < -0.39 is 0 Å². The Labute approximate surface area is 89.8 Å². The van der Waals surface area contributed by atoms with Crippen LogP contribution in [0.4, 0.5) is 6.01 Å². The molecule has 2 heterocycles. The molecule has 5 nitrogen and oxygen atoms in total. The third-order valence-electron chi connectivity index (χ3n) is 2.44. The number of rotatable bonds is 3. The van der Waals surface area contributed by atoms with Crippen molar-refractivity contribution in [2.45, 2.75) is 20.3 Å². The highest BCUT2D eigenvalue weighted by Crippen LogP contribution is 2.13. The van der Waals surface area contributed by atoms with Gasteiger partial charge in [-0.1, -0.05) is 19.0 Å². The lowest BCUT2D eigenvalue weighted by Gasteiger charge is -2.24. The Kier molecular flexibility index (Phi) is 3.20. The van der Waals surface area contributed by atoms with E-state index in [4.69, 9.17) is 4.52 Å². The van der Waals surface area contributed by atoms with Gasteiger partial charge in [0.05, 0.1) is 0 Å². The first-order chi connectivity index (χ1) is 7.25. The van der Waals surface area contributed by atoms with Crippen molar-refractivity contribution in [3.8, 4) is 0 Å². The van der Waals surface area contributed by atoms with Gasteiger partial charge in [-0.3, -0.25) is 0 Å². The Morgan fingerprint density at radius 2 is 2.13 bits per heavy atom. The predicted octanol–water partition coefficient (Wildman–Crippen LogP) is 0.678. The van der Waals surface area contributed by atoms with Crippen LogP contribution in [0.25, 0.3) is 0 Å². The van der Waals surface area contributed by atoms with Gasteiger partial charge in [-0.15, -0.1) is 0 Å². The van der Waals surface area contributed by atoms with E-state index in [0.717, 1.165) is 38.4 Å². The lowest BCUT2D eigenvalue weighted by Crippen LogP contribution is -2.43. The van der Waals surface area contributed by atoms with Crippen LogP contribution in [-0.4, -0.2) is 36.3 Å². The van der Waals surface area contributed by atoms with E-state index >= 15 is 0 Å². The lowest BCUT2D eigenvalue weighted by molar-refractivity contribution is 0.395. The number of hydrogen-bond donors (Lipinski definition) is 1. The molecule has 1 aliphatic heterocycles. The molecule has 0 unspecified atom stereocenters. The number of piperazine rings is 1. The van der Waals surface area contributed by atoms with Crippen molar-refractivity contribution in [1.82, 2.24) is 15.5 Å². The summed E-state index contributed by atoms with van der Waals surface area (Å²) in [5, 5.41) is 7.28. The number of nitrogens with one attached hydrogen (secondary N) is 1. The summed E-state index contributed by atoms with van der Waals surface area (Å²) in [7, 11) is 0. The molecule has 0 aromatic carbocycles. The maximum absolute atomic E-state index is 5.24. The van der Waals surface area contributed by atoms with Crippen LogP contribution in [0.5, 0.6) is 0 Å². The van der Waals surface area contributed by atoms with Gasteiger partial charge in [0.1, 0.15) is 0 Å². The summed E-state index contributed by atoms with van der Waals surface area (Å²) in [6, 6.07) is 0.673. The molecule has 2 rings (SSSR count). The molecule has 1 aromatic rings. The van der Waals surface area contributed by atoms with Gasteiger partial charge < -0.3 is 14.7 Å². The average molecular weight is 210 g/mol. The first kappa shape index (κ1) is 10.4. The summed E-state index contributed by atoms with van der Waals surface area (Å²) < 4.78 is 5.24. The first-order valence-electron chi connectivity index (χ1n) is 5.54. The summed E-state index contributed by atoms with van der Waals surface area (Å²) >= 11 is 0. The van der Waals surface area contributed by atoms with Crippen LogP contribution in [0.3, 0.4) is 0 Å². The first-order valence-corrected chi connectivity index (χ1v) is 5.54. The third-order valence-corrected chi connectivity index (χ3v) is 2.44. The molecule has 1 aromatic heterocycles. The SMILES string of the molecule is CC(C)Cc1noc(N2CCNCC2)n1. The molecule has 84 valence electrons. The molecular formula is C10H18N4O. The second-order valence-corrected chi connectivity index (χ2v) is 4.33. The van der Waals surface area contributed by atoms with Crippen molar-refractivity contribution in [2.75, 3.05) is 31.1 Å². The van der Waals surface area contributed by atoms with Crippen LogP contribution in [-0.2, 0) is 6.42 Å². The molecular weight excluding hydrogens is 192 g/mol. The van der Waals surface area contributed by atoms with Gasteiger partial charge in [0.15, 0.2) is 5.82 Å². The van der Waals surface area contributed by atoms with E-state index in [-0.39, 0.29) is 0 Å². The van der Waals surface area contributed by atoms with Crippen LogP contribution in [0, 0.1) is 5.92 Å². The minimum absolute atomic E-state index is 0.568. The fourth-order valence-corrected chi connectivity index (χ4v) is 1.68. The van der Waals surface area contributed by atoms with Gasteiger partial charge >= 0.3 is 6.01 Å². The zero-order valence-corrected chi connectivity index (χ0v) is 9.36. The molecule has 0 bridgehead atoms. The summed E-state index contributed by atoms with van der Waals surface area (Å²) in [5.74, 6) is 1.39. The molecule has 1 fully saturated rings. The van der Waals surface area contributed by atoms with E-state index in [0.29, 0.717) is 11.9 Å². The summed E-state index contributed by atoms with van der Waals surface area (Å²) in [6.07, 6.45) is 0.885. The molecule has 0 aliphatic carbocycles. The summed E-state index contributed by atoms with van der Waals surface area (Å²) in [6.45, 7) is 8.18. The third kappa shape index (κ3) is 2.68. The molecule has 1 saturated heterocycles. The zero-order valence-electron chi connectivity index (χ0n) is 9.36. The second kappa shape index (κ2) is 4.61. The minimum Gasteiger partial charge on any atom is -0.322 e. The normalized spacial score (nSPS) is 17.4. The maximum atomic E-state index is 5.24. The van der Waals surface area contributed by atoms with Gasteiger partial charge in [-0.05, 0) is 5.92 Å². The minimum atomic E-state index is 0.568. The van der Waals surface area contributed by atoms with Crippen molar-refractivity contribution in [3.63, 3.8) is 0 Å². The van der Waals surface area contributed by atoms with Crippen molar-refractivity contribution in [2.24, 2.45) is 5.92 Å². The highest BCUT2D eigenvalue weighted by atomic mass is 16.5. The van der Waals surface area contributed by atoms with E-state index in [1.165, 1.54) is 0 Å². The molecule has 1 aliphatic rings. The molecule has 0 amide bonds. The Bertz CT molecular complexity index is 304. The van der Waals surface area contributed by atoms with Crippen molar-refractivity contribution < 1.29 is 4.52 Å². The highest BCUT2D eigenvalue weighted by Gasteiger charge is 2.16. The average Bonchev–Trinajstić information content (AvgIpc) is 2.67. The van der Waals surface area contributed by atoms with Crippen LogP contribution in [0.2, 0.25) is 0 Å². The van der Waals surface area contributed by atoms with E-state index in [1.54, 1.807) is 0 Å². The number of hydrogen-bond acceptors (Lipinski definition) is 5. The van der Waals surface area contributed by atoms with Gasteiger partial charge in [-0.25, -0.2) is 0 Å². The Morgan fingerprint density at radius 3 is 2.80 bits per heavy atom. The van der Waals surface area contributed by atoms with Crippen LogP contribution < -0.4 is 10.2 Å². The van der Waals surface area contributed by atoms with E-state index in [9.17, 15) is 0 Å². The molecule has 15 heavy (non-hydrogen) atoms. The van der Waals surface area contributed by atoms with Gasteiger partial charge in [-0.2, -0.15) is 4.98 Å². The van der Waals surface area contributed by atoms with Gasteiger partial charge in [0.25, 0.3) is 0 Å². The predicted molar refractivity (Wildman–Crippen MR) is 57.9 cm³/mol. The maximum Gasteiger partial charge on any atom is 0.324 e. The Balaban J connectivity index is 1.99. The van der Waals surface area contributed by atoms with Crippen molar-refractivity contribution >= 4 is 6.01 Å². The molecule has 0 atom stereocenters. The smallest absolute Gasteiger partial charge is 0.322 e. The quantitative estimate of drug-likeness (QED) is 0.795. The topological polar surface area (TPSA) is 54.2 Å². The fourth-order valence-electron chi connectivity index (χ4n) is 1.68. The standard InChI is InChI=1S/C10H18N4O/c1-8(2)7-9-12-10(15-13-9)14-5-3-11-4-6-14/h8,11H,3-7H2,1-2H3. The van der Waals surface area contributed by atoms with Crippen LogP contribution >= 0.6 is 0 Å². The molecule has 0 saturated carbocycles. The molecule has 5 heteroatoms. The van der Waals surface area contributed by atoms with E-state index in [1.807, 2.05) is 0 Å². The lowest BCUT2D eigenvalue weighted by atomic mass is 10.1. The highest BCUT2D eigenvalue weighted by molar-refractivity contribution is 5.25. The van der Waals surface area contributed by atoms with E-state index in [2.05, 4.69) is 34.2 Å². The van der Waals surface area contributed by atoms with Gasteiger partial charge in [0.2, 0.25) is 0 Å². The molecule has 1 N–H and O–H groups in total. The molecule has 0 spiro atoms. The van der Waals surface area contributed by atoms with Crippen molar-refractivity contribution in [3.05, 3.63) is 5.82 Å². The summed E-state index contributed by atoms with van der Waals surface area (Å²) in [4.78, 5) is 6.53. The largest absolute Gasteiger partial charge is 0.324 e. The van der Waals surface area contributed by atoms with Gasteiger partial charge in [0, 0.05) is 32.6 Å². The summed E-state index contributed by atoms with van der Waals surface area (Å²) in [5.41, 5.74) is 0. The Morgan fingerprint density at radius 1 is 1.40 bits per heavy atom. The Hall–Kier alpha value is -1.10. The second-order valence-electron chi connectivity index (χ2n) is 4.33. The van der Waals surface area contributed by atoms with Crippen LogP contribution in [0.1, 0.15) is 19.7 Å². The number of aromatic nitrogens is 2. The monoisotopic (exact) mass is 210 g/mol. The van der Waals surface area contributed by atoms with Crippen LogP contribution in [0.15, 0.2) is 4.52 Å². The number of anilines is 1. The fraction of sp³-hybridized carbons (Fsp3) is 0.800. The zero-order chi connectivity index (χ0) is 10.7.